The molecule has 0 bridgehead atoms. The molecule has 0 saturated carbocycles. The van der Waals surface area contributed by atoms with Crippen LogP contribution in [0.4, 0.5) is 9.59 Å². The highest BCUT2D eigenvalue weighted by atomic mass is 32.2. The maximum Gasteiger partial charge on any atom is 0.332 e. The molecule has 0 rings (SSSR count). The van der Waals surface area contributed by atoms with Crippen LogP contribution >= 0.6 is 109 Å². The summed E-state index contributed by atoms with van der Waals surface area (Å²) in [5.74, 6) is 4.18. The number of carbonyl (C=O) groups excluding carboxylic acids is 2. The number of hydrogen-bond donors (Lipinski definition) is 22. The van der Waals surface area contributed by atoms with Gasteiger partial charge in [-0.3, -0.25) is 54.2 Å². The third-order valence-electron chi connectivity index (χ3n) is 9.59. The Bertz CT molecular complexity index is 2930. The van der Waals surface area contributed by atoms with E-state index in [-0.39, 0.29) is 30.8 Å². The van der Waals surface area contributed by atoms with E-state index in [4.69, 9.17) is 15.5 Å². The Morgan fingerprint density at radius 3 is 0.935 bits per heavy atom. The molecule has 0 fully saturated rings. The van der Waals surface area contributed by atoms with E-state index in [2.05, 4.69) is 231 Å². The second-order valence-electron chi connectivity index (χ2n) is 24.0. The summed E-state index contributed by atoms with van der Waals surface area (Å²) < 4.78 is 72.5. The van der Waals surface area contributed by atoms with Gasteiger partial charge >= 0.3 is 12.1 Å². The SMILES string of the molecule is [2H]N/C(=N/N=C(\C)C(C)C)SC.[2H]N/C(=N/N=C/C(C)C)SC.[2H]N=C(N/N=C/C(C)C)SC.[2H]N=C(S)N/N=C(\C)C(C)C.[2H]N=C(S)N/N=C/C(C)C.[2H]NC(=O)N/N=C(\C)C(C)C.[2H]NC(=O)N/N=C/C(C)C.[2H]NC(=S)N/N=C(\C)C(C)C.[2H]NC(=S)N/N=C(\C)C(C)C.[2H]NC(=S)N/N=C/C(C)C.[2H]NC(=S)N/N=C/C(C)C. The van der Waals surface area contributed by atoms with E-state index in [0.717, 1.165) is 28.6 Å². The number of hydrazone groups is 9. The first kappa shape index (κ1) is 97.8. The number of primary amides is 2. The van der Waals surface area contributed by atoms with Crippen LogP contribution in [0.1, 0.15) is 187 Å². The van der Waals surface area contributed by atoms with Crippen LogP contribution in [0, 0.1) is 81.3 Å². The Morgan fingerprint density at radius 2 is 0.645 bits per heavy atom. The molecule has 620 valence electrons. The molecule has 0 atom stereocenters. The quantitative estimate of drug-likeness (QED) is 0.0157. The van der Waals surface area contributed by atoms with Crippen molar-refractivity contribution in [3.05, 3.63) is 0 Å². The molecule has 0 aromatic heterocycles. The lowest BCUT2D eigenvalue weighted by molar-refractivity contribution is 0.248. The van der Waals surface area contributed by atoms with Crippen LogP contribution in [0.5, 0.6) is 0 Å². The number of thiocarbonyl (C=S) groups is 4. The molecule has 107 heavy (non-hydrogen) atoms. The van der Waals surface area contributed by atoms with E-state index in [9.17, 15) is 9.59 Å². The lowest BCUT2D eigenvalue weighted by Gasteiger charge is -2.03. The van der Waals surface area contributed by atoms with Crippen molar-refractivity contribution in [3.63, 3.8) is 0 Å². The molecule has 0 aromatic rings. The monoisotopic (exact) mass is 1690 g/mol. The summed E-state index contributed by atoms with van der Waals surface area (Å²) in [7, 11) is 0. The summed E-state index contributed by atoms with van der Waals surface area (Å²) in [5, 5.41) is 61.5. The number of nitrogens with two attached hydrogens (primary N) is 8. The highest BCUT2D eigenvalue weighted by Crippen LogP contribution is 2.00. The molecule has 0 aliphatic heterocycles. The summed E-state index contributed by atoms with van der Waals surface area (Å²) in [6.45, 7) is 53.7. The van der Waals surface area contributed by atoms with Crippen molar-refractivity contribution in [1.29, 1.82) is 16.2 Å². The normalized spacial score (nSPS) is 13.5. The van der Waals surface area contributed by atoms with E-state index in [0.29, 0.717) is 80.6 Å². The van der Waals surface area contributed by atoms with E-state index in [1.807, 2.05) is 215 Å². The van der Waals surface area contributed by atoms with Crippen molar-refractivity contribution >= 4 is 234 Å². The van der Waals surface area contributed by atoms with Crippen molar-refractivity contribution < 1.29 is 25.1 Å². The van der Waals surface area contributed by atoms with Crippen LogP contribution < -0.4 is 94.6 Å². The third-order valence-corrected chi connectivity index (χ3v) is 11.6. The molecular formula is C63H137N33O2S9. The Labute approximate surface area is 702 Å². The predicted octanol–water partition coefficient (Wildman–Crippen LogP) is 10.7. The van der Waals surface area contributed by atoms with Gasteiger partial charge in [-0.15, -0.1) is 35.5 Å². The zero-order valence-electron chi connectivity index (χ0n) is 79.0. The Kier molecular flexibility index (Phi) is 78.6. The standard InChI is InChI=1S/C7H15N3S.C6H13N3O.5C6H13N3S.C5H11N3O.3C5H11N3S/c1-5(2)6(3)9-10-7(8)11-4;1-4(2)5(3)8-9-6(7)10;2*1-5(2)4-8-9-6(7)10-3;3*1-4(2)5(3)8-9-6(7)10;4*1-4(2)3-7-8-5(6)9/h5H,1-4H3,(H2,8,10);4H,1-3H3,(H3,7,9,10);2*4-5H,1-3H3,(H2,7,9);3*4H,1-3H3,(H3,7,9,10);4*3-4H,1-2H3,(H3,6,8,9)/b9-6+;8-5+;2*8-4+;3*8-5+;4*7-3+/i/hD11. The van der Waals surface area contributed by atoms with Crippen molar-refractivity contribution in [1.82, 2.24) is 48.8 Å². The molecular weight excluding hydrogens is 1540 g/mol. The minimum atomic E-state index is -0.628. The van der Waals surface area contributed by atoms with Gasteiger partial charge in [-0.2, -0.15) is 56.1 Å². The zero-order chi connectivity index (χ0) is 94.3. The van der Waals surface area contributed by atoms with Gasteiger partial charge in [-0.05, 0) is 167 Å². The van der Waals surface area contributed by atoms with Crippen LogP contribution in [-0.4, -0.2) is 143 Å². The third kappa shape index (κ3) is 145. The number of nitrogens with zero attached hydrogens (tertiary/aromatic N) is 13. The fourth-order valence-electron chi connectivity index (χ4n) is 2.88. The fourth-order valence-corrected chi connectivity index (χ4v) is 3.58. The van der Waals surface area contributed by atoms with Crippen molar-refractivity contribution in [2.24, 2.45) is 177 Å². The second kappa shape index (κ2) is 86.0. The van der Waals surface area contributed by atoms with E-state index >= 15 is 0 Å². The van der Waals surface area contributed by atoms with Crippen LogP contribution in [-0.2, 0) is 0 Å². The number of thiol groups is 2. The van der Waals surface area contributed by atoms with Gasteiger partial charge in [-0.25, -0.2) is 20.4 Å². The molecule has 44 heteroatoms. The summed E-state index contributed by atoms with van der Waals surface area (Å²) in [6.07, 6.45) is 15.7. The highest BCUT2D eigenvalue weighted by molar-refractivity contribution is 8.13. The minimum Gasteiger partial charge on any atom is -0.377 e. The first-order valence-electron chi connectivity index (χ1n) is 37.9. The van der Waals surface area contributed by atoms with E-state index < -0.39 is 12.1 Å². The molecule has 0 radical (unpaired) electrons. The van der Waals surface area contributed by atoms with Gasteiger partial charge in [0.2, 0.25) is 0 Å². The Morgan fingerprint density at radius 1 is 0.355 bits per heavy atom. The molecule has 0 saturated heterocycles. The second-order valence-corrected chi connectivity index (χ2v) is 28.9. The number of hydrogen-bond acceptors (Lipinski definition) is 25. The topological polar surface area (TPSA) is 583 Å². The molecule has 0 aliphatic carbocycles. The Balaban J connectivity index is -0.000000119. The van der Waals surface area contributed by atoms with E-state index in [1.165, 1.54) is 35.3 Å². The Hall–Kier alpha value is -7.23. The molecule has 35 nitrogen and oxygen atoms in total. The smallest absolute Gasteiger partial charge is 0.332 e. The first-order valence-corrected chi connectivity index (χ1v) is 38.8. The molecule has 0 unspecified atom stereocenters. The summed E-state index contributed by atoms with van der Waals surface area (Å²) >= 11 is 30.1. The number of urea groups is 2. The molecule has 0 aliphatic rings. The number of carbonyl (C=O) groups is 2. The summed E-state index contributed by atoms with van der Waals surface area (Å²) in [6, 6.07) is -1.25. The molecule has 28 N–H and O–H groups in total. The maximum absolute atomic E-state index is 10.4. The summed E-state index contributed by atoms with van der Waals surface area (Å²) in [4.78, 5) is 20.7. The lowest BCUT2D eigenvalue weighted by atomic mass is 10.1. The largest absolute Gasteiger partial charge is 0.377 e. The van der Waals surface area contributed by atoms with Crippen LogP contribution in [0.25, 0.3) is 0 Å². The van der Waals surface area contributed by atoms with Crippen molar-refractivity contribution in [2.45, 2.75) is 187 Å². The van der Waals surface area contributed by atoms with Gasteiger partial charge < -0.3 is 45.8 Å². The van der Waals surface area contributed by atoms with Crippen molar-refractivity contribution in [2.75, 3.05) is 18.8 Å². The van der Waals surface area contributed by atoms with Crippen LogP contribution in [0.2, 0.25) is 15.5 Å². The van der Waals surface area contributed by atoms with Gasteiger partial charge in [0, 0.05) is 65.8 Å². The van der Waals surface area contributed by atoms with Gasteiger partial charge in [0.05, 0.1) is 0 Å². The predicted molar refractivity (Wildman–Crippen MR) is 499 cm³/mol. The average molecular weight is 1690 g/mol. The van der Waals surface area contributed by atoms with E-state index in [1.54, 1.807) is 48.7 Å². The molecule has 0 heterocycles. The number of amidine groups is 5. The number of amides is 4. The van der Waals surface area contributed by atoms with Crippen molar-refractivity contribution in [3.8, 4) is 0 Å². The van der Waals surface area contributed by atoms with Crippen LogP contribution in [0.15, 0.2) is 66.3 Å². The van der Waals surface area contributed by atoms with Crippen LogP contribution in [0.3, 0.4) is 0 Å². The first-order chi connectivity index (χ1) is 55.0. The molecule has 0 spiro atoms. The number of thioether (sulfide) groups is 3. The van der Waals surface area contributed by atoms with Gasteiger partial charge in [0.25, 0.3) is 0 Å². The summed E-state index contributed by atoms with van der Waals surface area (Å²) in [5.41, 5.74) is 42.3. The number of rotatable bonds is 22. The fraction of sp³-hybridized carbons (Fsp3) is 0.651. The number of nitrogens with one attached hydrogen (secondary N) is 12. The molecule has 4 amide bonds. The lowest BCUT2D eigenvalue weighted by Crippen LogP contribution is -2.26. The molecule has 0 aromatic carbocycles. The van der Waals surface area contributed by atoms with Gasteiger partial charge in [-0.1, -0.05) is 188 Å². The minimum absolute atomic E-state index is 0.192. The average Bonchev–Trinajstić information content (AvgIpc) is 0.738. The highest BCUT2D eigenvalue weighted by Gasteiger charge is 2.01. The van der Waals surface area contributed by atoms with Gasteiger partial charge in [0.1, 0.15) is 0 Å². The zero-order valence-corrected chi connectivity index (χ0v) is 75.5. The van der Waals surface area contributed by atoms with Gasteiger partial charge in [0.15, 0.2) is 61.8 Å². The maximum atomic E-state index is 10.4.